The van der Waals surface area contributed by atoms with Crippen molar-refractivity contribution in [2.24, 2.45) is 5.73 Å². The number of likely N-dealkylation sites (N-methyl/N-ethyl adjacent to an activating group) is 1. The van der Waals surface area contributed by atoms with Crippen molar-refractivity contribution in [3.05, 3.63) is 11.3 Å². The van der Waals surface area contributed by atoms with Crippen molar-refractivity contribution in [3.63, 3.8) is 0 Å². The minimum absolute atomic E-state index is 0.0756. The lowest BCUT2D eigenvalue weighted by molar-refractivity contribution is -0.893. The molecule has 7 heteroatoms. The quantitative estimate of drug-likeness (QED) is 0.505. The zero-order chi connectivity index (χ0) is 14.5. The first-order valence-corrected chi connectivity index (χ1v) is 7.95. The van der Waals surface area contributed by atoms with Gasteiger partial charge in [0.15, 0.2) is 0 Å². The number of nitrogens with zero attached hydrogens (tertiary/aromatic N) is 2. The van der Waals surface area contributed by atoms with Crippen LogP contribution in [0.3, 0.4) is 0 Å². The second-order valence-electron chi connectivity index (χ2n) is 6.11. The van der Waals surface area contributed by atoms with Crippen molar-refractivity contribution >= 4 is 23.6 Å². The zero-order valence-electron chi connectivity index (χ0n) is 11.5. The van der Waals surface area contributed by atoms with Crippen LogP contribution in [0, 0.1) is 0 Å². The summed E-state index contributed by atoms with van der Waals surface area (Å²) >= 11 is 1.56. The molecular weight excluding hydrogens is 278 g/mol. The van der Waals surface area contributed by atoms with Crippen LogP contribution in [0.15, 0.2) is 11.3 Å². The molecule has 3 rings (SSSR count). The molecule has 0 spiro atoms. The third-order valence-corrected chi connectivity index (χ3v) is 5.86. The van der Waals surface area contributed by atoms with E-state index in [0.29, 0.717) is 12.3 Å². The van der Waals surface area contributed by atoms with Crippen molar-refractivity contribution in [1.82, 2.24) is 4.90 Å². The lowest BCUT2D eigenvalue weighted by atomic mass is 10.0. The molecule has 0 aromatic heterocycles. The number of aliphatic carboxylic acids is 1. The molecule has 3 heterocycles. The van der Waals surface area contributed by atoms with Crippen LogP contribution < -0.4 is 10.8 Å². The maximum Gasteiger partial charge on any atom is 0.248 e. The van der Waals surface area contributed by atoms with Gasteiger partial charge in [0.2, 0.25) is 5.91 Å². The molecule has 2 saturated heterocycles. The van der Waals surface area contributed by atoms with Crippen molar-refractivity contribution in [2.75, 3.05) is 32.4 Å². The number of nitrogens with two attached hydrogens (primary N) is 1. The van der Waals surface area contributed by atoms with Gasteiger partial charge in [-0.15, -0.1) is 11.8 Å². The second kappa shape index (κ2) is 4.75. The SMILES string of the molecule is C[N+]1(CC2=C(C(=O)[O-])N3C(=O)C(N)[C@H]3SC2)CCCC1. The van der Waals surface area contributed by atoms with E-state index in [4.69, 9.17) is 5.73 Å². The number of quaternary nitrogens is 1. The Morgan fingerprint density at radius 2 is 2.15 bits per heavy atom. The number of rotatable bonds is 3. The molecule has 0 saturated carbocycles. The highest BCUT2D eigenvalue weighted by Crippen LogP contribution is 2.40. The maximum absolute atomic E-state index is 11.8. The van der Waals surface area contributed by atoms with E-state index in [1.165, 1.54) is 17.7 Å². The molecule has 2 N–H and O–H groups in total. The Balaban J connectivity index is 1.90. The normalized spacial score (nSPS) is 32.1. The predicted molar refractivity (Wildman–Crippen MR) is 73.1 cm³/mol. The average molecular weight is 297 g/mol. The molecule has 2 fully saturated rings. The standard InChI is InChI=1S/C13H19N3O3S/c1-16(4-2-3-5-16)6-8-7-20-12-9(14)11(17)15(12)10(8)13(18)19/h9,12H,2-7,14H2,1H3/t9?,12-/m1/s1. The number of carboxylic acids is 1. The molecular formula is C13H19N3O3S. The summed E-state index contributed by atoms with van der Waals surface area (Å²) in [7, 11) is 2.15. The van der Waals surface area contributed by atoms with Crippen LogP contribution in [-0.4, -0.2) is 65.1 Å². The number of hydrogen-bond acceptors (Lipinski definition) is 5. The highest BCUT2D eigenvalue weighted by atomic mass is 32.2. The van der Waals surface area contributed by atoms with Crippen LogP contribution in [0.25, 0.3) is 0 Å². The fourth-order valence-electron chi connectivity index (χ4n) is 3.41. The number of likely N-dealkylation sites (tertiary alicyclic amines) is 1. The summed E-state index contributed by atoms with van der Waals surface area (Å²) in [4.78, 5) is 24.6. The number of carbonyl (C=O) groups is 2. The van der Waals surface area contributed by atoms with Crippen LogP contribution in [0.4, 0.5) is 0 Å². The predicted octanol–water partition coefficient (Wildman–Crippen LogP) is -1.53. The zero-order valence-corrected chi connectivity index (χ0v) is 12.3. The van der Waals surface area contributed by atoms with Gasteiger partial charge in [-0.05, 0) is 0 Å². The van der Waals surface area contributed by atoms with E-state index in [1.807, 2.05) is 0 Å². The molecule has 20 heavy (non-hydrogen) atoms. The van der Waals surface area contributed by atoms with Gasteiger partial charge in [0.25, 0.3) is 0 Å². The Morgan fingerprint density at radius 3 is 2.75 bits per heavy atom. The fourth-order valence-corrected chi connectivity index (χ4v) is 4.69. The van der Waals surface area contributed by atoms with E-state index in [0.717, 1.165) is 23.1 Å². The van der Waals surface area contributed by atoms with Crippen molar-refractivity contribution in [1.29, 1.82) is 0 Å². The summed E-state index contributed by atoms with van der Waals surface area (Å²) in [5, 5.41) is 11.2. The molecule has 3 aliphatic rings. The van der Waals surface area contributed by atoms with Gasteiger partial charge in [-0.1, -0.05) is 0 Å². The van der Waals surface area contributed by atoms with Crippen molar-refractivity contribution in [3.8, 4) is 0 Å². The van der Waals surface area contributed by atoms with Gasteiger partial charge in [-0.2, -0.15) is 0 Å². The highest BCUT2D eigenvalue weighted by Gasteiger charge is 2.50. The molecule has 0 aromatic carbocycles. The van der Waals surface area contributed by atoms with Crippen LogP contribution >= 0.6 is 11.8 Å². The Labute approximate surface area is 122 Å². The maximum atomic E-state index is 11.8. The number of amides is 1. The van der Waals surface area contributed by atoms with E-state index in [1.54, 1.807) is 11.8 Å². The van der Waals surface area contributed by atoms with E-state index < -0.39 is 12.0 Å². The lowest BCUT2D eigenvalue weighted by Gasteiger charge is -2.50. The summed E-state index contributed by atoms with van der Waals surface area (Å²) in [6, 6.07) is -0.576. The molecule has 110 valence electrons. The van der Waals surface area contributed by atoms with Crippen LogP contribution in [-0.2, 0) is 9.59 Å². The minimum Gasteiger partial charge on any atom is -0.543 e. The molecule has 1 unspecified atom stereocenters. The monoisotopic (exact) mass is 297 g/mol. The first-order valence-electron chi connectivity index (χ1n) is 6.90. The number of fused-ring (bicyclic) bond motifs is 1. The van der Waals surface area contributed by atoms with Crippen molar-refractivity contribution < 1.29 is 19.2 Å². The van der Waals surface area contributed by atoms with E-state index in [-0.39, 0.29) is 17.0 Å². The molecule has 1 amide bonds. The number of thioether (sulfide) groups is 1. The molecule has 0 aromatic rings. The third-order valence-electron chi connectivity index (χ3n) is 4.50. The van der Waals surface area contributed by atoms with Gasteiger partial charge in [-0.25, -0.2) is 0 Å². The van der Waals surface area contributed by atoms with Crippen LogP contribution in [0.2, 0.25) is 0 Å². The number of β-lactam (4-membered cyclic amide) rings is 1. The molecule has 6 nitrogen and oxygen atoms in total. The van der Waals surface area contributed by atoms with Crippen LogP contribution in [0.5, 0.6) is 0 Å². The highest BCUT2D eigenvalue weighted by molar-refractivity contribution is 8.00. The van der Waals surface area contributed by atoms with Gasteiger partial charge in [0, 0.05) is 24.2 Å². The smallest absolute Gasteiger partial charge is 0.248 e. The summed E-state index contributed by atoms with van der Waals surface area (Å²) in [6.07, 6.45) is 2.35. The number of hydrogen-bond donors (Lipinski definition) is 1. The van der Waals surface area contributed by atoms with Gasteiger partial charge < -0.3 is 20.1 Å². The van der Waals surface area contributed by atoms with Crippen molar-refractivity contribution in [2.45, 2.75) is 24.3 Å². The Kier molecular flexibility index (Phi) is 3.30. The number of carboxylic acid groups (broad SMARTS) is 1. The molecule has 0 bridgehead atoms. The Hall–Kier alpha value is -1.05. The van der Waals surface area contributed by atoms with Gasteiger partial charge in [-0.3, -0.25) is 9.69 Å². The summed E-state index contributed by atoms with van der Waals surface area (Å²) in [5.41, 5.74) is 6.61. The summed E-state index contributed by atoms with van der Waals surface area (Å²) in [5.74, 6) is -0.932. The topological polar surface area (TPSA) is 86.5 Å². The van der Waals surface area contributed by atoms with E-state index >= 15 is 0 Å². The third kappa shape index (κ3) is 2.04. The molecule has 0 radical (unpaired) electrons. The second-order valence-corrected chi connectivity index (χ2v) is 7.21. The minimum atomic E-state index is -1.25. The molecule has 0 aliphatic carbocycles. The van der Waals surface area contributed by atoms with Crippen LogP contribution in [0.1, 0.15) is 12.8 Å². The van der Waals surface area contributed by atoms with E-state index in [9.17, 15) is 14.7 Å². The van der Waals surface area contributed by atoms with Gasteiger partial charge >= 0.3 is 0 Å². The molecule has 3 aliphatic heterocycles. The Morgan fingerprint density at radius 1 is 1.50 bits per heavy atom. The number of carbonyl (C=O) groups excluding carboxylic acids is 2. The fraction of sp³-hybridized carbons (Fsp3) is 0.692. The first kappa shape index (κ1) is 13.9. The van der Waals surface area contributed by atoms with E-state index in [2.05, 4.69) is 7.05 Å². The summed E-state index contributed by atoms with van der Waals surface area (Å²) in [6.45, 7) is 2.80. The summed E-state index contributed by atoms with van der Waals surface area (Å²) < 4.78 is 0.853. The van der Waals surface area contributed by atoms with Gasteiger partial charge in [0.1, 0.15) is 18.0 Å². The largest absolute Gasteiger partial charge is 0.543 e. The lowest BCUT2D eigenvalue weighted by Crippen LogP contribution is -2.69. The first-order chi connectivity index (χ1) is 9.43. The van der Waals surface area contributed by atoms with Gasteiger partial charge in [0.05, 0.1) is 31.8 Å². The Bertz CT molecular complexity index is 499. The molecule has 2 atom stereocenters. The average Bonchev–Trinajstić information content (AvgIpc) is 2.83.